The lowest BCUT2D eigenvalue weighted by Crippen LogP contribution is -2.54. The lowest BCUT2D eigenvalue weighted by molar-refractivity contribution is -0.215. The van der Waals surface area contributed by atoms with Crippen molar-refractivity contribution in [1.29, 1.82) is 0 Å². The van der Waals surface area contributed by atoms with Crippen molar-refractivity contribution in [3.05, 3.63) is 71.8 Å². The second-order valence-electron chi connectivity index (χ2n) is 8.27. The molecule has 4 rings (SSSR count). The van der Waals surface area contributed by atoms with Crippen LogP contribution in [0, 0.1) is 0 Å². The van der Waals surface area contributed by atoms with Gasteiger partial charge in [0.05, 0.1) is 30.2 Å². The van der Waals surface area contributed by atoms with Gasteiger partial charge in [-0.2, -0.15) is 0 Å². The lowest BCUT2D eigenvalue weighted by Gasteiger charge is -2.43. The van der Waals surface area contributed by atoms with Gasteiger partial charge < -0.3 is 20.7 Å². The maximum absolute atomic E-state index is 13.1. The first-order valence-corrected chi connectivity index (χ1v) is 10.5. The van der Waals surface area contributed by atoms with Gasteiger partial charge in [-0.1, -0.05) is 30.3 Å². The number of nitrogen functional groups attached to an aromatic ring is 1. The third-order valence-corrected chi connectivity index (χ3v) is 6.08. The fourth-order valence-corrected chi connectivity index (χ4v) is 3.86. The second-order valence-corrected chi connectivity index (χ2v) is 8.27. The molecule has 1 aliphatic rings. The van der Waals surface area contributed by atoms with E-state index in [9.17, 15) is 15.0 Å². The molecular weight excluding hydrogens is 408 g/mol. The van der Waals surface area contributed by atoms with E-state index in [1.54, 1.807) is 38.5 Å². The van der Waals surface area contributed by atoms with Crippen LogP contribution >= 0.6 is 0 Å². The maximum atomic E-state index is 13.1. The minimum atomic E-state index is -1.35. The first kappa shape index (κ1) is 22.0. The molecule has 32 heavy (non-hydrogen) atoms. The van der Waals surface area contributed by atoms with E-state index in [1.165, 1.54) is 0 Å². The van der Waals surface area contributed by atoms with Crippen LogP contribution in [0.2, 0.25) is 0 Å². The minimum absolute atomic E-state index is 0.00102. The van der Waals surface area contributed by atoms with Crippen molar-refractivity contribution in [1.82, 2.24) is 15.0 Å². The Hall–Kier alpha value is -3.20. The van der Waals surface area contributed by atoms with Gasteiger partial charge in [0.2, 0.25) is 0 Å². The Morgan fingerprint density at radius 1 is 1.25 bits per heavy atom. The fraction of sp³-hybridized carbons (Fsp3) is 0.333. The van der Waals surface area contributed by atoms with E-state index < -0.39 is 23.9 Å². The molecule has 0 spiro atoms. The second kappa shape index (κ2) is 8.74. The number of nitrogens with two attached hydrogens (primary N) is 1. The van der Waals surface area contributed by atoms with E-state index in [-0.39, 0.29) is 30.1 Å². The number of aliphatic hydroxyl groups is 2. The summed E-state index contributed by atoms with van der Waals surface area (Å²) in [5, 5.41) is 20.8. The third-order valence-electron chi connectivity index (χ3n) is 6.08. The first-order valence-electron chi connectivity index (χ1n) is 10.5. The molecule has 1 fully saturated rings. The number of nitrogens with zero attached hydrogens (tertiary/aromatic N) is 3. The quantitative estimate of drug-likeness (QED) is 0.522. The zero-order chi connectivity index (χ0) is 22.9. The van der Waals surface area contributed by atoms with Gasteiger partial charge in [0.1, 0.15) is 11.3 Å². The first-order chi connectivity index (χ1) is 15.3. The van der Waals surface area contributed by atoms with Crippen molar-refractivity contribution in [2.24, 2.45) is 0 Å². The Kier molecular flexibility index (Phi) is 6.01. The molecule has 8 heteroatoms. The molecule has 1 saturated heterocycles. The van der Waals surface area contributed by atoms with Gasteiger partial charge >= 0.3 is 0 Å². The SMILES string of the molecule is C[C@H]1O[C@@H](c2ccncc2CC(=O)c2nc(-c3ccccc3)cnc2N)C[C@@H](O)[C@]1(C)O. The number of ether oxygens (including phenoxy) is 1. The summed E-state index contributed by atoms with van der Waals surface area (Å²) in [5.41, 5.74) is 7.51. The number of Topliss-reactive ketones (excluding diaryl/α,β-unsaturated/α-hetero) is 1. The molecule has 4 N–H and O–H groups in total. The number of pyridine rings is 1. The van der Waals surface area contributed by atoms with Crippen molar-refractivity contribution >= 4 is 11.6 Å². The van der Waals surface area contributed by atoms with E-state index in [1.807, 2.05) is 30.3 Å². The summed E-state index contributed by atoms with van der Waals surface area (Å²) in [6.45, 7) is 3.27. The standard InChI is InChI=1S/C24H26N4O4/c1-14-24(2,31)21(30)11-20(32-14)17-8-9-26-12-16(17)10-19(29)22-23(25)27-13-18(28-22)15-6-4-3-5-7-15/h3-9,12-14,20-21,30-31H,10-11H2,1-2H3,(H2,25,27)/t14-,20-,21-,24-/m1/s1. The van der Waals surface area contributed by atoms with Crippen LogP contribution in [0.4, 0.5) is 5.82 Å². The summed E-state index contributed by atoms with van der Waals surface area (Å²) in [4.78, 5) is 25.9. The van der Waals surface area contributed by atoms with E-state index in [0.717, 1.165) is 11.1 Å². The molecule has 0 amide bonds. The Balaban J connectivity index is 1.61. The van der Waals surface area contributed by atoms with Crippen LogP contribution in [-0.2, 0) is 11.2 Å². The number of hydrogen-bond donors (Lipinski definition) is 3. The van der Waals surface area contributed by atoms with Crippen molar-refractivity contribution in [3.63, 3.8) is 0 Å². The number of aromatic nitrogens is 3. The number of anilines is 1. The number of benzene rings is 1. The molecular formula is C24H26N4O4. The zero-order valence-electron chi connectivity index (χ0n) is 18.0. The van der Waals surface area contributed by atoms with Crippen LogP contribution in [0.1, 0.15) is 48.0 Å². The monoisotopic (exact) mass is 434 g/mol. The van der Waals surface area contributed by atoms with Gasteiger partial charge in [0.25, 0.3) is 0 Å². The molecule has 3 aromatic rings. The molecule has 1 aliphatic heterocycles. The summed E-state index contributed by atoms with van der Waals surface area (Å²) in [6.07, 6.45) is 2.93. The average molecular weight is 434 g/mol. The molecule has 0 bridgehead atoms. The minimum Gasteiger partial charge on any atom is -0.390 e. The molecule has 0 saturated carbocycles. The highest BCUT2D eigenvalue weighted by Crippen LogP contribution is 2.38. The van der Waals surface area contributed by atoms with Gasteiger partial charge in [0, 0.05) is 30.8 Å². The van der Waals surface area contributed by atoms with E-state index in [0.29, 0.717) is 11.3 Å². The van der Waals surface area contributed by atoms with Crippen LogP contribution in [-0.4, -0.2) is 48.8 Å². The van der Waals surface area contributed by atoms with Crippen LogP contribution in [0.15, 0.2) is 55.0 Å². The predicted octanol–water partition coefficient (Wildman–Crippen LogP) is 2.51. The van der Waals surface area contributed by atoms with Crippen LogP contribution in [0.3, 0.4) is 0 Å². The van der Waals surface area contributed by atoms with Crippen LogP contribution in [0.5, 0.6) is 0 Å². The van der Waals surface area contributed by atoms with Crippen LogP contribution < -0.4 is 5.73 Å². The number of hydrogen-bond acceptors (Lipinski definition) is 8. The third kappa shape index (κ3) is 4.25. The Morgan fingerprint density at radius 2 is 2.00 bits per heavy atom. The van der Waals surface area contributed by atoms with E-state index in [2.05, 4.69) is 15.0 Å². The maximum Gasteiger partial charge on any atom is 0.189 e. The number of carbonyl (C=O) groups is 1. The Morgan fingerprint density at radius 3 is 2.72 bits per heavy atom. The smallest absolute Gasteiger partial charge is 0.189 e. The molecule has 3 heterocycles. The Bertz CT molecular complexity index is 1110. The van der Waals surface area contributed by atoms with E-state index in [4.69, 9.17) is 10.5 Å². The summed E-state index contributed by atoms with van der Waals surface area (Å²) < 4.78 is 5.98. The van der Waals surface area contributed by atoms with Gasteiger partial charge in [-0.15, -0.1) is 0 Å². The Labute approximate surface area is 186 Å². The molecule has 166 valence electrons. The van der Waals surface area contributed by atoms with Crippen LogP contribution in [0.25, 0.3) is 11.3 Å². The molecule has 4 atom stereocenters. The highest BCUT2D eigenvalue weighted by atomic mass is 16.5. The molecule has 2 aromatic heterocycles. The topological polar surface area (TPSA) is 131 Å². The highest BCUT2D eigenvalue weighted by molar-refractivity contribution is 5.99. The zero-order valence-corrected chi connectivity index (χ0v) is 18.0. The average Bonchev–Trinajstić information content (AvgIpc) is 2.78. The number of carbonyl (C=O) groups excluding carboxylic acids is 1. The predicted molar refractivity (Wildman–Crippen MR) is 119 cm³/mol. The molecule has 1 aromatic carbocycles. The van der Waals surface area contributed by atoms with Gasteiger partial charge in [-0.3, -0.25) is 9.78 Å². The van der Waals surface area contributed by atoms with Gasteiger partial charge in [-0.25, -0.2) is 9.97 Å². The molecule has 0 unspecified atom stereocenters. The normalized spacial score (nSPS) is 25.4. The molecule has 8 nitrogen and oxygen atoms in total. The number of aliphatic hydroxyl groups excluding tert-OH is 1. The fourth-order valence-electron chi connectivity index (χ4n) is 3.86. The number of rotatable bonds is 5. The van der Waals surface area contributed by atoms with Crippen molar-refractivity contribution < 1.29 is 19.7 Å². The largest absolute Gasteiger partial charge is 0.390 e. The summed E-state index contributed by atoms with van der Waals surface area (Å²) in [6, 6.07) is 11.2. The lowest BCUT2D eigenvalue weighted by atomic mass is 9.84. The highest BCUT2D eigenvalue weighted by Gasteiger charge is 2.44. The van der Waals surface area contributed by atoms with E-state index >= 15 is 0 Å². The van der Waals surface area contributed by atoms with Crippen molar-refractivity contribution in [2.45, 2.75) is 50.6 Å². The summed E-state index contributed by atoms with van der Waals surface area (Å²) in [7, 11) is 0. The molecule has 0 radical (unpaired) electrons. The summed E-state index contributed by atoms with van der Waals surface area (Å²) >= 11 is 0. The number of ketones is 1. The van der Waals surface area contributed by atoms with Gasteiger partial charge in [-0.05, 0) is 31.0 Å². The van der Waals surface area contributed by atoms with Crippen molar-refractivity contribution in [3.8, 4) is 11.3 Å². The van der Waals surface area contributed by atoms with Crippen molar-refractivity contribution in [2.75, 3.05) is 5.73 Å². The molecule has 0 aliphatic carbocycles. The van der Waals surface area contributed by atoms with Gasteiger partial charge in [0.15, 0.2) is 11.6 Å². The summed E-state index contributed by atoms with van der Waals surface area (Å²) in [5.74, 6) is -0.229.